The number of sulfonamides is 1. The number of benzene rings is 1. The minimum Gasteiger partial charge on any atom is -0.207 e. The maximum atomic E-state index is 13.0. The number of hydrogen-bond donors (Lipinski definition) is 2. The predicted molar refractivity (Wildman–Crippen MR) is 115 cm³/mol. The second-order valence-corrected chi connectivity index (χ2v) is 11.0. The molecule has 1 heterocycles. The van der Waals surface area contributed by atoms with Crippen molar-refractivity contribution in [1.82, 2.24) is 25.3 Å². The fourth-order valence-electron chi connectivity index (χ4n) is 5.23. The zero-order chi connectivity index (χ0) is 21.2. The topological polar surface area (TPSA) is 101 Å². The van der Waals surface area contributed by atoms with Gasteiger partial charge >= 0.3 is 0 Å². The first-order valence-electron chi connectivity index (χ1n) is 10.8. The smallest absolute Gasteiger partial charge is 0.207 e. The number of fused-ring (bicyclic) bond motifs is 2. The highest BCUT2D eigenvalue weighted by Crippen LogP contribution is 2.61. The summed E-state index contributed by atoms with van der Waals surface area (Å²) >= 11 is 0. The predicted octanol–water partition coefficient (Wildman–Crippen LogP) is 3.50. The second kappa shape index (κ2) is 8.59. The van der Waals surface area contributed by atoms with Crippen molar-refractivity contribution in [3.05, 3.63) is 48.3 Å². The van der Waals surface area contributed by atoms with Crippen LogP contribution in [0, 0.1) is 23.2 Å². The third-order valence-electron chi connectivity index (χ3n) is 7.19. The van der Waals surface area contributed by atoms with E-state index < -0.39 is 10.0 Å². The molecular weight excluding hydrogens is 398 g/mol. The third-order valence-corrected chi connectivity index (χ3v) is 8.66. The van der Waals surface area contributed by atoms with Gasteiger partial charge in [0.2, 0.25) is 10.0 Å². The van der Waals surface area contributed by atoms with Crippen LogP contribution in [0.5, 0.6) is 0 Å². The van der Waals surface area contributed by atoms with Gasteiger partial charge in [-0.1, -0.05) is 49.4 Å². The highest BCUT2D eigenvalue weighted by molar-refractivity contribution is 7.89. The minimum atomic E-state index is -3.51. The third kappa shape index (κ3) is 4.34. The van der Waals surface area contributed by atoms with Crippen LogP contribution < -0.4 is 4.72 Å². The van der Waals surface area contributed by atoms with Crippen molar-refractivity contribution in [1.29, 1.82) is 0 Å². The highest BCUT2D eigenvalue weighted by Gasteiger charge is 2.58. The van der Waals surface area contributed by atoms with E-state index in [1.54, 1.807) is 24.3 Å². The van der Waals surface area contributed by atoms with Crippen molar-refractivity contribution in [2.45, 2.75) is 63.3 Å². The number of tetrazole rings is 1. The summed E-state index contributed by atoms with van der Waals surface area (Å²) < 4.78 is 29.1. The number of aromatic amines is 1. The number of hydrogen-bond acceptors (Lipinski definition) is 5. The number of nitrogens with zero attached hydrogens (tertiary/aromatic N) is 3. The van der Waals surface area contributed by atoms with Crippen LogP contribution in [0.3, 0.4) is 0 Å². The summed E-state index contributed by atoms with van der Waals surface area (Å²) in [6, 6.07) is 8.70. The van der Waals surface area contributed by atoms with Crippen LogP contribution >= 0.6 is 0 Å². The van der Waals surface area contributed by atoms with E-state index in [-0.39, 0.29) is 11.5 Å². The summed E-state index contributed by atoms with van der Waals surface area (Å²) in [5.74, 6) is 2.17. The lowest BCUT2D eigenvalue weighted by atomic mass is 9.45. The van der Waals surface area contributed by atoms with Gasteiger partial charge in [0, 0.05) is 12.5 Å². The Balaban J connectivity index is 1.38. The molecule has 1 aromatic carbocycles. The van der Waals surface area contributed by atoms with Gasteiger partial charge in [-0.3, -0.25) is 0 Å². The molecule has 3 aliphatic rings. The quantitative estimate of drug-likeness (QED) is 0.469. The second-order valence-electron chi connectivity index (χ2n) is 9.24. The summed E-state index contributed by atoms with van der Waals surface area (Å²) in [6.45, 7) is 4.58. The van der Waals surface area contributed by atoms with Gasteiger partial charge in [-0.2, -0.15) is 5.21 Å². The van der Waals surface area contributed by atoms with E-state index in [1.165, 1.54) is 0 Å². The van der Waals surface area contributed by atoms with E-state index in [0.717, 1.165) is 44.3 Å². The van der Waals surface area contributed by atoms with Gasteiger partial charge in [0.05, 0.1) is 4.90 Å². The van der Waals surface area contributed by atoms with Gasteiger partial charge in [-0.15, -0.1) is 10.2 Å². The maximum Gasteiger partial charge on any atom is 0.240 e. The average molecular weight is 430 g/mol. The molecule has 30 heavy (non-hydrogen) atoms. The fourth-order valence-corrected chi connectivity index (χ4v) is 6.60. The largest absolute Gasteiger partial charge is 0.240 e. The van der Waals surface area contributed by atoms with Crippen molar-refractivity contribution in [3.8, 4) is 0 Å². The van der Waals surface area contributed by atoms with Crippen LogP contribution in [0.15, 0.2) is 47.4 Å². The van der Waals surface area contributed by atoms with E-state index in [4.69, 9.17) is 0 Å². The number of unbranched alkanes of at least 4 members (excludes halogenated alkanes) is 1. The van der Waals surface area contributed by atoms with Gasteiger partial charge in [-0.25, -0.2) is 13.1 Å². The number of H-pyrrole nitrogens is 1. The Morgan fingerprint density at radius 1 is 1.20 bits per heavy atom. The van der Waals surface area contributed by atoms with E-state index >= 15 is 0 Å². The van der Waals surface area contributed by atoms with Crippen molar-refractivity contribution in [3.63, 3.8) is 0 Å². The first kappa shape index (κ1) is 21.2. The number of aryl methyl sites for hydroxylation is 1. The fraction of sp³-hybridized carbons (Fsp3) is 0.591. The normalized spacial score (nSPS) is 27.8. The molecule has 3 saturated carbocycles. The first-order chi connectivity index (χ1) is 14.4. The monoisotopic (exact) mass is 429 g/mol. The summed E-state index contributed by atoms with van der Waals surface area (Å²) in [5, 5.41) is 14.0. The van der Waals surface area contributed by atoms with E-state index in [0.29, 0.717) is 22.6 Å². The molecule has 0 radical (unpaired) electrons. The molecule has 0 unspecified atom stereocenters. The summed E-state index contributed by atoms with van der Waals surface area (Å²) in [5.41, 5.74) is 0.203. The Morgan fingerprint density at radius 2 is 2.00 bits per heavy atom. The first-order valence-corrected chi connectivity index (χ1v) is 12.3. The lowest BCUT2D eigenvalue weighted by Gasteiger charge is -2.62. The van der Waals surface area contributed by atoms with Gasteiger partial charge in [0.25, 0.3) is 0 Å². The minimum absolute atomic E-state index is 0.0146. The Kier molecular flexibility index (Phi) is 6.06. The zero-order valence-corrected chi connectivity index (χ0v) is 18.5. The molecule has 0 amide bonds. The molecule has 0 spiro atoms. The van der Waals surface area contributed by atoms with Crippen LogP contribution in [0.2, 0.25) is 0 Å². The lowest BCUT2D eigenvalue weighted by Crippen LogP contribution is -2.63. The molecule has 2 bridgehead atoms. The van der Waals surface area contributed by atoms with Gasteiger partial charge in [-0.05, 0) is 67.4 Å². The Morgan fingerprint density at radius 3 is 2.70 bits per heavy atom. The van der Waals surface area contributed by atoms with Crippen LogP contribution in [0.1, 0.15) is 51.8 Å². The summed E-state index contributed by atoms with van der Waals surface area (Å²) in [4.78, 5) is 0.347. The standard InChI is InChI=1S/C22H31N5O2S/c1-22(2)17-14-16(10-6-3-4-9-13-20-23-26-27-24-20)21(19(22)15-17)25-30(28,29)18-11-7-5-8-12-18/h3,5-8,11-12,16-17,19,21,25H,4,9-10,13-15H2,1-2H3,(H,23,24,26,27)/t16-,17-,19-,21+/m0/s1. The average Bonchev–Trinajstić information content (AvgIpc) is 3.25. The molecule has 2 aromatic rings. The number of rotatable bonds is 9. The number of nitrogens with one attached hydrogen (secondary N) is 2. The Bertz CT molecular complexity index is 957. The lowest BCUT2D eigenvalue weighted by molar-refractivity contribution is -0.108. The van der Waals surface area contributed by atoms with Gasteiger partial charge in [0.15, 0.2) is 5.82 Å². The number of allylic oxidation sites excluding steroid dienone is 2. The highest BCUT2D eigenvalue weighted by atomic mass is 32.2. The van der Waals surface area contributed by atoms with Crippen LogP contribution in [0.4, 0.5) is 0 Å². The molecule has 5 rings (SSSR count). The summed E-state index contributed by atoms with van der Waals surface area (Å²) in [6.07, 6.45) is 10.3. The SMILES string of the molecule is CC1(C)[C@H]2C[C@H](CC=CCCCc3nn[nH]n3)[C@@H](NS(=O)(=O)c3ccccc3)[C@@H]1C2. The summed E-state index contributed by atoms with van der Waals surface area (Å²) in [7, 11) is -3.51. The molecular formula is C22H31N5O2S. The van der Waals surface area contributed by atoms with Gasteiger partial charge < -0.3 is 0 Å². The van der Waals surface area contributed by atoms with Crippen LogP contribution in [-0.4, -0.2) is 35.1 Å². The van der Waals surface area contributed by atoms with Crippen molar-refractivity contribution in [2.24, 2.45) is 23.2 Å². The van der Waals surface area contributed by atoms with Crippen LogP contribution in [0.25, 0.3) is 0 Å². The van der Waals surface area contributed by atoms with E-state index in [9.17, 15) is 8.42 Å². The van der Waals surface area contributed by atoms with Crippen molar-refractivity contribution >= 4 is 10.0 Å². The zero-order valence-electron chi connectivity index (χ0n) is 17.7. The van der Waals surface area contributed by atoms with Crippen LogP contribution in [-0.2, 0) is 16.4 Å². The van der Waals surface area contributed by atoms with Gasteiger partial charge in [0.1, 0.15) is 0 Å². The van der Waals surface area contributed by atoms with Crippen molar-refractivity contribution in [2.75, 3.05) is 0 Å². The maximum absolute atomic E-state index is 13.0. The Labute approximate surface area is 178 Å². The molecule has 8 heteroatoms. The van der Waals surface area contributed by atoms with Crippen molar-refractivity contribution < 1.29 is 8.42 Å². The molecule has 4 atom stereocenters. The molecule has 162 valence electrons. The molecule has 0 aliphatic heterocycles. The molecule has 2 N–H and O–H groups in total. The molecule has 3 fully saturated rings. The Hall–Kier alpha value is -2.06. The molecule has 7 nitrogen and oxygen atoms in total. The number of aromatic nitrogens is 4. The molecule has 0 saturated heterocycles. The van der Waals surface area contributed by atoms with E-state index in [2.05, 4.69) is 51.3 Å². The van der Waals surface area contributed by atoms with E-state index in [1.807, 2.05) is 6.07 Å². The molecule has 3 aliphatic carbocycles. The molecule has 1 aromatic heterocycles.